The van der Waals surface area contributed by atoms with E-state index >= 15 is 0 Å². The number of hydrogen-bond acceptors (Lipinski definition) is 0. The largest absolute Gasteiger partial charge is 0.102 e. The first-order chi connectivity index (χ1) is 5.43. The number of hydrogen-bond donors (Lipinski definition) is 0. The van der Waals surface area contributed by atoms with Gasteiger partial charge in [0.2, 0.25) is 0 Å². The fraction of sp³-hybridized carbons (Fsp3) is 0. The van der Waals surface area contributed by atoms with Gasteiger partial charge in [0.25, 0.3) is 0 Å². The van der Waals surface area contributed by atoms with E-state index in [1.54, 1.807) is 0 Å². The summed E-state index contributed by atoms with van der Waals surface area (Å²) in [7, 11) is 0. The molecule has 0 nitrogen and oxygen atoms in total. The molecule has 1 aliphatic carbocycles. The second-order valence-corrected chi connectivity index (χ2v) is 2.87. The second kappa shape index (κ2) is 1.55. The molecule has 50 valence electrons. The molecule has 0 radical (unpaired) electrons. The summed E-state index contributed by atoms with van der Waals surface area (Å²) in [6.07, 6.45) is 0. The summed E-state index contributed by atoms with van der Waals surface area (Å²) >= 11 is 0. The van der Waals surface area contributed by atoms with Crippen LogP contribution in [-0.2, 0) is 0 Å². The Morgan fingerprint density at radius 2 is 1.36 bits per heavy atom. The van der Waals surface area contributed by atoms with Gasteiger partial charge in [-0.3, -0.25) is 0 Å². The van der Waals surface area contributed by atoms with Gasteiger partial charge < -0.3 is 0 Å². The predicted octanol–water partition coefficient (Wildman–Crippen LogP) is 0.904. The molecule has 0 aliphatic heterocycles. The summed E-state index contributed by atoms with van der Waals surface area (Å²) in [4.78, 5) is 0. The number of benzene rings is 2. The second-order valence-electron chi connectivity index (χ2n) is 2.87. The number of fused-ring (bicyclic) bond motifs is 2. The van der Waals surface area contributed by atoms with Crippen molar-refractivity contribution >= 4 is 16.5 Å². The van der Waals surface area contributed by atoms with Crippen LogP contribution in [0.25, 0.3) is 16.5 Å². The van der Waals surface area contributed by atoms with Crippen LogP contribution < -0.4 is 10.4 Å². The minimum Gasteiger partial charge on any atom is -0.102 e. The third kappa shape index (κ3) is 0.646. The molecule has 0 saturated heterocycles. The highest BCUT2D eigenvalue weighted by Gasteiger charge is 1.97. The van der Waals surface area contributed by atoms with Gasteiger partial charge in [-0.2, -0.15) is 0 Å². The van der Waals surface area contributed by atoms with Crippen LogP contribution in [0.2, 0.25) is 0 Å². The highest BCUT2D eigenvalue weighted by molar-refractivity contribution is 5.83. The minimum absolute atomic E-state index is 1.28. The SMILES string of the molecule is C1=c2cc3ccccc3cc2=1. The average Bonchev–Trinajstić information content (AvgIpc) is 2.77. The lowest BCUT2D eigenvalue weighted by atomic mass is 10.1. The van der Waals surface area contributed by atoms with E-state index < -0.39 is 0 Å². The molecule has 0 atom stereocenters. The molecular formula is C11H6. The van der Waals surface area contributed by atoms with E-state index in [0.717, 1.165) is 0 Å². The van der Waals surface area contributed by atoms with Gasteiger partial charge in [0, 0.05) is 10.4 Å². The maximum atomic E-state index is 3.20. The van der Waals surface area contributed by atoms with Gasteiger partial charge >= 0.3 is 0 Å². The van der Waals surface area contributed by atoms with E-state index in [1.807, 2.05) is 0 Å². The molecular weight excluding hydrogens is 132 g/mol. The molecule has 0 aromatic heterocycles. The van der Waals surface area contributed by atoms with Gasteiger partial charge in [-0.15, -0.1) is 5.73 Å². The van der Waals surface area contributed by atoms with E-state index in [9.17, 15) is 0 Å². The molecule has 0 N–H and O–H groups in total. The molecule has 0 saturated carbocycles. The minimum atomic E-state index is 1.28. The van der Waals surface area contributed by atoms with Crippen molar-refractivity contribution in [2.75, 3.05) is 0 Å². The summed E-state index contributed by atoms with van der Waals surface area (Å²) in [5, 5.41) is 5.19. The zero-order valence-corrected chi connectivity index (χ0v) is 5.96. The zero-order valence-electron chi connectivity index (χ0n) is 5.96. The number of rotatable bonds is 0. The van der Waals surface area contributed by atoms with Gasteiger partial charge in [0.1, 0.15) is 0 Å². The standard InChI is InChI=1S/C11H6/c1-2-4-9-6-11-7-10(11)5-8(9)3-1/h1-6H. The van der Waals surface area contributed by atoms with Gasteiger partial charge in [0.05, 0.1) is 0 Å². The third-order valence-corrected chi connectivity index (χ3v) is 2.09. The summed E-state index contributed by atoms with van der Waals surface area (Å²) in [5.41, 5.74) is 3.20. The van der Waals surface area contributed by atoms with E-state index in [2.05, 4.69) is 42.1 Å². The molecule has 3 rings (SSSR count). The third-order valence-electron chi connectivity index (χ3n) is 2.09. The fourth-order valence-electron chi connectivity index (χ4n) is 1.43. The Labute approximate surface area is 64.1 Å². The van der Waals surface area contributed by atoms with Crippen molar-refractivity contribution < 1.29 is 0 Å². The van der Waals surface area contributed by atoms with E-state index in [4.69, 9.17) is 0 Å². The topological polar surface area (TPSA) is 0 Å². The van der Waals surface area contributed by atoms with Gasteiger partial charge in [0.15, 0.2) is 0 Å². The molecule has 0 fully saturated rings. The Morgan fingerprint density at radius 3 is 1.91 bits per heavy atom. The molecule has 2 aromatic carbocycles. The maximum absolute atomic E-state index is 3.20. The summed E-state index contributed by atoms with van der Waals surface area (Å²) in [6, 6.07) is 12.8. The summed E-state index contributed by atoms with van der Waals surface area (Å²) < 4.78 is 0. The lowest BCUT2D eigenvalue weighted by molar-refractivity contribution is 1.69. The maximum Gasteiger partial charge on any atom is 0.0328 e. The van der Waals surface area contributed by atoms with Gasteiger partial charge in [-0.25, -0.2) is 0 Å². The molecule has 1 aliphatic rings. The molecule has 0 unspecified atom stereocenters. The first kappa shape index (κ1) is 5.17. The molecule has 0 heterocycles. The van der Waals surface area contributed by atoms with Crippen LogP contribution in [0.5, 0.6) is 0 Å². The Morgan fingerprint density at radius 1 is 0.818 bits per heavy atom. The summed E-state index contributed by atoms with van der Waals surface area (Å²) in [5.74, 6) is 0. The Balaban J connectivity index is 2.63. The van der Waals surface area contributed by atoms with Gasteiger partial charge in [-0.05, 0) is 22.9 Å². The smallest absolute Gasteiger partial charge is 0.0328 e. The molecule has 0 spiro atoms. The van der Waals surface area contributed by atoms with Crippen LogP contribution >= 0.6 is 0 Å². The van der Waals surface area contributed by atoms with Crippen molar-refractivity contribution in [3.8, 4) is 0 Å². The lowest BCUT2D eigenvalue weighted by Gasteiger charge is -1.91. The molecule has 11 heavy (non-hydrogen) atoms. The average molecular weight is 138 g/mol. The van der Waals surface area contributed by atoms with E-state index in [1.165, 1.54) is 21.2 Å². The molecule has 0 bridgehead atoms. The van der Waals surface area contributed by atoms with Crippen LogP contribution in [0.4, 0.5) is 0 Å². The summed E-state index contributed by atoms with van der Waals surface area (Å²) in [6.45, 7) is 0. The van der Waals surface area contributed by atoms with Crippen molar-refractivity contribution in [1.29, 1.82) is 0 Å². The van der Waals surface area contributed by atoms with Crippen LogP contribution in [0.15, 0.2) is 36.4 Å². The first-order valence-electron chi connectivity index (χ1n) is 3.73. The van der Waals surface area contributed by atoms with Crippen molar-refractivity contribution in [2.24, 2.45) is 0 Å². The molecule has 2 aromatic rings. The highest BCUT2D eigenvalue weighted by atomic mass is 14.0. The van der Waals surface area contributed by atoms with Crippen molar-refractivity contribution in [3.05, 3.63) is 46.8 Å². The molecule has 0 heteroatoms. The van der Waals surface area contributed by atoms with Crippen LogP contribution in [0.1, 0.15) is 0 Å². The molecule has 0 amide bonds. The van der Waals surface area contributed by atoms with E-state index in [-0.39, 0.29) is 0 Å². The van der Waals surface area contributed by atoms with Crippen LogP contribution in [0, 0.1) is 0 Å². The van der Waals surface area contributed by atoms with Crippen molar-refractivity contribution in [1.82, 2.24) is 0 Å². The Hall–Kier alpha value is -1.52. The predicted molar refractivity (Wildman–Crippen MR) is 45.7 cm³/mol. The quantitative estimate of drug-likeness (QED) is 0.433. The zero-order chi connectivity index (χ0) is 7.26. The Kier molecular flexibility index (Phi) is 0.730. The van der Waals surface area contributed by atoms with Crippen molar-refractivity contribution in [3.63, 3.8) is 0 Å². The van der Waals surface area contributed by atoms with Gasteiger partial charge in [-0.1, -0.05) is 24.3 Å². The first-order valence-corrected chi connectivity index (χ1v) is 3.73. The van der Waals surface area contributed by atoms with Crippen molar-refractivity contribution in [2.45, 2.75) is 0 Å². The van der Waals surface area contributed by atoms with E-state index in [0.29, 0.717) is 0 Å². The normalized spacial score (nSPS) is 11.6. The van der Waals surface area contributed by atoms with Crippen LogP contribution in [0.3, 0.4) is 0 Å². The monoisotopic (exact) mass is 138 g/mol. The lowest BCUT2D eigenvalue weighted by Crippen LogP contribution is -2.05. The Bertz CT molecular complexity index is 510. The fourth-order valence-corrected chi connectivity index (χ4v) is 1.43. The van der Waals surface area contributed by atoms with Crippen LogP contribution in [-0.4, -0.2) is 0 Å². The highest BCUT2D eigenvalue weighted by Crippen LogP contribution is 2.08.